The molecule has 1 aromatic heterocycles. The van der Waals surface area contributed by atoms with Crippen molar-refractivity contribution in [2.24, 2.45) is 7.05 Å². The maximum atomic E-state index is 5.89. The van der Waals surface area contributed by atoms with Gasteiger partial charge in [-0.25, -0.2) is 0 Å². The van der Waals surface area contributed by atoms with Crippen molar-refractivity contribution in [1.29, 1.82) is 0 Å². The van der Waals surface area contributed by atoms with E-state index in [-0.39, 0.29) is 0 Å². The van der Waals surface area contributed by atoms with Crippen LogP contribution in [0.15, 0.2) is 24.4 Å². The fraction of sp³-hybridized carbons (Fsp3) is 0.500. The molecule has 0 amide bonds. The van der Waals surface area contributed by atoms with Crippen molar-refractivity contribution < 1.29 is 4.74 Å². The van der Waals surface area contributed by atoms with Crippen molar-refractivity contribution in [3.8, 4) is 5.75 Å². The molecule has 0 saturated carbocycles. The number of hydrogen-bond donors (Lipinski definition) is 0. The molecule has 0 radical (unpaired) electrons. The molecular formula is C16H22N2O. The maximum Gasteiger partial charge on any atom is 0.121 e. The zero-order valence-corrected chi connectivity index (χ0v) is 11.9. The largest absolute Gasteiger partial charge is 0.492 e. The second kappa shape index (κ2) is 5.25. The lowest BCUT2D eigenvalue weighted by atomic mass is 10.2. The van der Waals surface area contributed by atoms with E-state index in [2.05, 4.69) is 47.8 Å². The van der Waals surface area contributed by atoms with Crippen molar-refractivity contribution in [2.45, 2.75) is 19.8 Å². The van der Waals surface area contributed by atoms with E-state index in [1.165, 1.54) is 42.4 Å². The van der Waals surface area contributed by atoms with Gasteiger partial charge in [0.15, 0.2) is 0 Å². The van der Waals surface area contributed by atoms with E-state index in [0.717, 1.165) is 18.9 Å². The Kier molecular flexibility index (Phi) is 3.47. The van der Waals surface area contributed by atoms with E-state index >= 15 is 0 Å². The molecule has 1 saturated heterocycles. The van der Waals surface area contributed by atoms with E-state index in [9.17, 15) is 0 Å². The third kappa shape index (κ3) is 2.61. The van der Waals surface area contributed by atoms with Gasteiger partial charge in [-0.3, -0.25) is 4.90 Å². The van der Waals surface area contributed by atoms with Crippen LogP contribution in [0.4, 0.5) is 0 Å². The summed E-state index contributed by atoms with van der Waals surface area (Å²) in [6, 6.07) is 6.39. The van der Waals surface area contributed by atoms with E-state index in [0.29, 0.717) is 0 Å². The number of likely N-dealkylation sites (tertiary alicyclic amines) is 1. The number of rotatable bonds is 4. The number of benzene rings is 1. The minimum Gasteiger partial charge on any atom is -0.492 e. The van der Waals surface area contributed by atoms with Crippen LogP contribution < -0.4 is 4.74 Å². The van der Waals surface area contributed by atoms with Crippen LogP contribution in [0.2, 0.25) is 0 Å². The molecule has 3 nitrogen and oxygen atoms in total. The van der Waals surface area contributed by atoms with Gasteiger partial charge in [0.1, 0.15) is 12.4 Å². The monoisotopic (exact) mass is 258 g/mol. The number of fused-ring (bicyclic) bond motifs is 1. The Morgan fingerprint density at radius 2 is 2.00 bits per heavy atom. The molecule has 1 aromatic carbocycles. The molecule has 0 aliphatic carbocycles. The first-order valence-electron chi connectivity index (χ1n) is 7.15. The molecule has 1 fully saturated rings. The predicted octanol–water partition coefficient (Wildman–Crippen LogP) is 2.96. The van der Waals surface area contributed by atoms with Gasteiger partial charge in [-0.1, -0.05) is 0 Å². The second-order valence-electron chi connectivity index (χ2n) is 5.50. The SMILES string of the molecule is Cc1cn(C)c2cc(OCCN3CCCC3)ccc12. The fourth-order valence-electron chi connectivity index (χ4n) is 2.95. The van der Waals surface area contributed by atoms with Crippen molar-refractivity contribution >= 4 is 10.9 Å². The third-order valence-corrected chi connectivity index (χ3v) is 4.04. The first-order valence-corrected chi connectivity index (χ1v) is 7.15. The Morgan fingerprint density at radius 1 is 1.21 bits per heavy atom. The first-order chi connectivity index (χ1) is 9.24. The van der Waals surface area contributed by atoms with Gasteiger partial charge in [-0.05, 0) is 50.6 Å². The van der Waals surface area contributed by atoms with Crippen molar-refractivity contribution in [3.05, 3.63) is 30.0 Å². The number of aryl methyl sites for hydroxylation is 2. The summed E-state index contributed by atoms with van der Waals surface area (Å²) >= 11 is 0. The Hall–Kier alpha value is -1.48. The van der Waals surface area contributed by atoms with Crippen LogP contribution in [-0.4, -0.2) is 35.7 Å². The molecule has 3 heteroatoms. The van der Waals surface area contributed by atoms with Gasteiger partial charge in [0.25, 0.3) is 0 Å². The van der Waals surface area contributed by atoms with Gasteiger partial charge in [-0.15, -0.1) is 0 Å². The standard InChI is InChI=1S/C16H22N2O/c1-13-12-17(2)16-11-14(5-6-15(13)16)19-10-9-18-7-3-4-8-18/h5-6,11-12H,3-4,7-10H2,1-2H3. The highest BCUT2D eigenvalue weighted by molar-refractivity contribution is 5.84. The number of aromatic nitrogens is 1. The normalized spacial score (nSPS) is 16.3. The van der Waals surface area contributed by atoms with Crippen molar-refractivity contribution in [3.63, 3.8) is 0 Å². The minimum atomic E-state index is 0.787. The highest BCUT2D eigenvalue weighted by Crippen LogP contribution is 2.24. The highest BCUT2D eigenvalue weighted by Gasteiger charge is 2.11. The average Bonchev–Trinajstić information content (AvgIpc) is 3.00. The second-order valence-corrected chi connectivity index (χ2v) is 5.50. The fourth-order valence-corrected chi connectivity index (χ4v) is 2.95. The molecule has 3 rings (SSSR count). The summed E-state index contributed by atoms with van der Waals surface area (Å²) in [6.07, 6.45) is 4.85. The summed E-state index contributed by atoms with van der Waals surface area (Å²) in [7, 11) is 2.09. The van der Waals surface area contributed by atoms with Crippen molar-refractivity contribution in [1.82, 2.24) is 9.47 Å². The summed E-state index contributed by atoms with van der Waals surface area (Å²) < 4.78 is 8.05. The van der Waals surface area contributed by atoms with Gasteiger partial charge in [0.2, 0.25) is 0 Å². The van der Waals surface area contributed by atoms with Gasteiger partial charge in [0, 0.05) is 31.2 Å². The van der Waals surface area contributed by atoms with Gasteiger partial charge < -0.3 is 9.30 Å². The van der Waals surface area contributed by atoms with E-state index in [1.807, 2.05) is 0 Å². The lowest BCUT2D eigenvalue weighted by Gasteiger charge is -2.15. The number of hydrogen-bond acceptors (Lipinski definition) is 2. The lowest BCUT2D eigenvalue weighted by molar-refractivity contribution is 0.238. The van der Waals surface area contributed by atoms with Gasteiger partial charge in [0.05, 0.1) is 5.52 Å². The highest BCUT2D eigenvalue weighted by atomic mass is 16.5. The molecule has 2 heterocycles. The van der Waals surface area contributed by atoms with Gasteiger partial charge in [-0.2, -0.15) is 0 Å². The Morgan fingerprint density at radius 3 is 2.79 bits per heavy atom. The molecule has 0 N–H and O–H groups in total. The van der Waals surface area contributed by atoms with Crippen molar-refractivity contribution in [2.75, 3.05) is 26.2 Å². The smallest absolute Gasteiger partial charge is 0.121 e. The molecule has 0 atom stereocenters. The maximum absolute atomic E-state index is 5.89. The average molecular weight is 258 g/mol. The van der Waals surface area contributed by atoms with Crippen LogP contribution in [0.25, 0.3) is 10.9 Å². The summed E-state index contributed by atoms with van der Waals surface area (Å²) in [5, 5.41) is 1.31. The molecule has 102 valence electrons. The van der Waals surface area contributed by atoms with E-state index in [1.54, 1.807) is 0 Å². The number of nitrogens with zero attached hydrogens (tertiary/aromatic N) is 2. The van der Waals surface area contributed by atoms with Crippen LogP contribution in [0.3, 0.4) is 0 Å². The molecule has 0 bridgehead atoms. The molecule has 0 spiro atoms. The summed E-state index contributed by atoms with van der Waals surface area (Å²) in [5.74, 6) is 0.980. The van der Waals surface area contributed by atoms with Crippen LogP contribution in [0.5, 0.6) is 5.75 Å². The van der Waals surface area contributed by atoms with Gasteiger partial charge >= 0.3 is 0 Å². The Balaban J connectivity index is 1.65. The van der Waals surface area contributed by atoms with E-state index in [4.69, 9.17) is 4.74 Å². The molecule has 2 aromatic rings. The molecule has 0 unspecified atom stereocenters. The third-order valence-electron chi connectivity index (χ3n) is 4.04. The molecule has 1 aliphatic heterocycles. The lowest BCUT2D eigenvalue weighted by Crippen LogP contribution is -2.25. The molecule has 19 heavy (non-hydrogen) atoms. The zero-order valence-electron chi connectivity index (χ0n) is 11.9. The quantitative estimate of drug-likeness (QED) is 0.839. The molecule has 1 aliphatic rings. The predicted molar refractivity (Wildman–Crippen MR) is 78.8 cm³/mol. The zero-order chi connectivity index (χ0) is 13.2. The summed E-state index contributed by atoms with van der Waals surface area (Å²) in [4.78, 5) is 2.48. The van der Waals surface area contributed by atoms with E-state index < -0.39 is 0 Å². The van der Waals surface area contributed by atoms with Crippen LogP contribution >= 0.6 is 0 Å². The summed E-state index contributed by atoms with van der Waals surface area (Å²) in [5.41, 5.74) is 2.57. The Labute approximate surface area is 114 Å². The summed E-state index contributed by atoms with van der Waals surface area (Å²) in [6.45, 7) is 6.45. The minimum absolute atomic E-state index is 0.787. The van der Waals surface area contributed by atoms with Crippen LogP contribution in [0.1, 0.15) is 18.4 Å². The van der Waals surface area contributed by atoms with Crippen LogP contribution in [0, 0.1) is 6.92 Å². The first kappa shape index (κ1) is 12.5. The van der Waals surface area contributed by atoms with Crippen LogP contribution in [-0.2, 0) is 7.05 Å². The topological polar surface area (TPSA) is 17.4 Å². The molecular weight excluding hydrogens is 236 g/mol. The Bertz CT molecular complexity index is 567. The number of ether oxygens (including phenoxy) is 1.